The lowest BCUT2D eigenvalue weighted by Crippen LogP contribution is -2.46. The fourth-order valence-corrected chi connectivity index (χ4v) is 1.90. The summed E-state index contributed by atoms with van der Waals surface area (Å²) in [4.78, 5) is 2.17. The van der Waals surface area contributed by atoms with E-state index in [0.29, 0.717) is 6.54 Å². The molecule has 0 saturated heterocycles. The standard InChI is InChI=1S/C13H20BrFN2/c1-13(2,17(3)4)9-16-8-10-5-11(14)7-12(15)6-10/h5-7,16H,8-9H2,1-4H3. The number of nitrogens with zero attached hydrogens (tertiary/aromatic N) is 1. The molecule has 0 amide bonds. The van der Waals surface area contributed by atoms with Crippen LogP contribution in [0.2, 0.25) is 0 Å². The number of nitrogens with one attached hydrogen (secondary N) is 1. The highest BCUT2D eigenvalue weighted by Gasteiger charge is 2.19. The summed E-state index contributed by atoms with van der Waals surface area (Å²) in [5, 5.41) is 3.35. The zero-order chi connectivity index (χ0) is 13.1. The molecule has 4 heteroatoms. The monoisotopic (exact) mass is 302 g/mol. The number of halogens is 2. The lowest BCUT2D eigenvalue weighted by molar-refractivity contribution is 0.190. The number of benzene rings is 1. The molecule has 1 aromatic rings. The third kappa shape index (κ3) is 4.74. The van der Waals surface area contributed by atoms with Gasteiger partial charge in [-0.1, -0.05) is 15.9 Å². The average Bonchev–Trinajstić information content (AvgIpc) is 2.15. The highest BCUT2D eigenvalue weighted by Crippen LogP contribution is 2.15. The Hall–Kier alpha value is -0.450. The Morgan fingerprint density at radius 2 is 1.94 bits per heavy atom. The second-order valence-electron chi connectivity index (χ2n) is 5.09. The Kier molecular flexibility index (Phi) is 5.10. The summed E-state index contributed by atoms with van der Waals surface area (Å²) in [6, 6.07) is 4.95. The summed E-state index contributed by atoms with van der Waals surface area (Å²) in [5.41, 5.74) is 1.04. The molecule has 0 aliphatic carbocycles. The summed E-state index contributed by atoms with van der Waals surface area (Å²) in [7, 11) is 4.11. The van der Waals surface area contributed by atoms with Crippen molar-refractivity contribution >= 4 is 15.9 Å². The minimum Gasteiger partial charge on any atom is -0.311 e. The summed E-state index contributed by atoms with van der Waals surface area (Å²) in [6.45, 7) is 5.87. The Labute approximate surface area is 111 Å². The van der Waals surface area contributed by atoms with Gasteiger partial charge in [0.05, 0.1) is 0 Å². The Balaban J connectivity index is 2.51. The van der Waals surface area contributed by atoms with Crippen LogP contribution in [0.1, 0.15) is 19.4 Å². The number of hydrogen-bond donors (Lipinski definition) is 1. The molecular weight excluding hydrogens is 283 g/mol. The van der Waals surface area contributed by atoms with Gasteiger partial charge in [0.2, 0.25) is 0 Å². The van der Waals surface area contributed by atoms with Crippen LogP contribution in [0.15, 0.2) is 22.7 Å². The maximum absolute atomic E-state index is 13.2. The quantitative estimate of drug-likeness (QED) is 0.899. The Bertz CT molecular complexity index is 357. The predicted molar refractivity (Wildman–Crippen MR) is 73.6 cm³/mol. The van der Waals surface area contributed by atoms with Crippen molar-refractivity contribution in [2.45, 2.75) is 25.9 Å². The Morgan fingerprint density at radius 3 is 2.47 bits per heavy atom. The van der Waals surface area contributed by atoms with Crippen LogP contribution in [0.25, 0.3) is 0 Å². The van der Waals surface area contributed by atoms with Crippen LogP contribution >= 0.6 is 15.9 Å². The van der Waals surface area contributed by atoms with Crippen LogP contribution in [0.4, 0.5) is 4.39 Å². The van der Waals surface area contributed by atoms with E-state index in [9.17, 15) is 4.39 Å². The fourth-order valence-electron chi connectivity index (χ4n) is 1.38. The molecule has 0 saturated carbocycles. The van der Waals surface area contributed by atoms with E-state index < -0.39 is 0 Å². The molecule has 0 aromatic heterocycles. The molecule has 1 aromatic carbocycles. The van der Waals surface area contributed by atoms with Crippen molar-refractivity contribution in [2.75, 3.05) is 20.6 Å². The van der Waals surface area contributed by atoms with Crippen molar-refractivity contribution in [1.29, 1.82) is 0 Å². The number of hydrogen-bond acceptors (Lipinski definition) is 2. The van der Waals surface area contributed by atoms with Crippen molar-refractivity contribution in [2.24, 2.45) is 0 Å². The second-order valence-corrected chi connectivity index (χ2v) is 6.00. The number of rotatable bonds is 5. The summed E-state index contributed by atoms with van der Waals surface area (Å²) in [6.07, 6.45) is 0. The predicted octanol–water partition coefficient (Wildman–Crippen LogP) is 3.02. The smallest absolute Gasteiger partial charge is 0.124 e. The molecule has 0 spiro atoms. The van der Waals surface area contributed by atoms with Crippen LogP contribution in [-0.4, -0.2) is 31.1 Å². The highest BCUT2D eigenvalue weighted by atomic mass is 79.9. The van der Waals surface area contributed by atoms with E-state index in [4.69, 9.17) is 0 Å². The zero-order valence-electron chi connectivity index (χ0n) is 10.8. The average molecular weight is 303 g/mol. The molecule has 0 bridgehead atoms. The van der Waals surface area contributed by atoms with Crippen LogP contribution in [-0.2, 0) is 6.54 Å². The lowest BCUT2D eigenvalue weighted by Gasteiger charge is -2.32. The van der Waals surface area contributed by atoms with E-state index in [1.54, 1.807) is 6.07 Å². The summed E-state index contributed by atoms with van der Waals surface area (Å²) < 4.78 is 13.9. The first-order valence-electron chi connectivity index (χ1n) is 5.64. The topological polar surface area (TPSA) is 15.3 Å². The maximum atomic E-state index is 13.2. The van der Waals surface area contributed by atoms with Gasteiger partial charge in [0, 0.05) is 23.1 Å². The Morgan fingerprint density at radius 1 is 1.29 bits per heavy atom. The van der Waals surface area contributed by atoms with Gasteiger partial charge in [-0.2, -0.15) is 0 Å². The van der Waals surface area contributed by atoms with Crippen LogP contribution in [0.3, 0.4) is 0 Å². The number of likely N-dealkylation sites (N-methyl/N-ethyl adjacent to an activating group) is 1. The van der Waals surface area contributed by atoms with Gasteiger partial charge in [-0.25, -0.2) is 4.39 Å². The molecule has 96 valence electrons. The van der Waals surface area contributed by atoms with E-state index in [1.807, 2.05) is 6.07 Å². The van der Waals surface area contributed by atoms with E-state index in [1.165, 1.54) is 6.07 Å². The zero-order valence-corrected chi connectivity index (χ0v) is 12.4. The normalized spacial score (nSPS) is 12.2. The first kappa shape index (κ1) is 14.6. The molecular formula is C13H20BrFN2. The molecule has 0 aliphatic rings. The van der Waals surface area contributed by atoms with Crippen molar-refractivity contribution < 1.29 is 4.39 Å². The third-order valence-electron chi connectivity index (χ3n) is 3.02. The molecule has 1 rings (SSSR count). The molecule has 0 heterocycles. The molecule has 0 unspecified atom stereocenters. The largest absolute Gasteiger partial charge is 0.311 e. The van der Waals surface area contributed by atoms with E-state index in [-0.39, 0.29) is 11.4 Å². The van der Waals surface area contributed by atoms with Gasteiger partial charge in [0.1, 0.15) is 5.82 Å². The van der Waals surface area contributed by atoms with Gasteiger partial charge >= 0.3 is 0 Å². The van der Waals surface area contributed by atoms with E-state index >= 15 is 0 Å². The highest BCUT2D eigenvalue weighted by molar-refractivity contribution is 9.10. The van der Waals surface area contributed by atoms with Gasteiger partial charge in [0.25, 0.3) is 0 Å². The molecule has 0 radical (unpaired) electrons. The van der Waals surface area contributed by atoms with E-state index in [0.717, 1.165) is 16.6 Å². The fraction of sp³-hybridized carbons (Fsp3) is 0.538. The van der Waals surface area contributed by atoms with Crippen LogP contribution < -0.4 is 5.32 Å². The summed E-state index contributed by atoms with van der Waals surface area (Å²) >= 11 is 3.29. The molecule has 0 atom stereocenters. The SMILES string of the molecule is CN(C)C(C)(C)CNCc1cc(F)cc(Br)c1. The third-order valence-corrected chi connectivity index (χ3v) is 3.48. The second kappa shape index (κ2) is 5.94. The minimum absolute atomic E-state index is 0.0879. The molecule has 0 fully saturated rings. The molecule has 0 aliphatic heterocycles. The van der Waals surface area contributed by atoms with Crippen molar-refractivity contribution in [3.05, 3.63) is 34.1 Å². The minimum atomic E-state index is -0.206. The molecule has 17 heavy (non-hydrogen) atoms. The van der Waals surface area contributed by atoms with Gasteiger partial charge in [-0.15, -0.1) is 0 Å². The lowest BCUT2D eigenvalue weighted by atomic mass is 10.0. The van der Waals surface area contributed by atoms with Crippen molar-refractivity contribution in [3.8, 4) is 0 Å². The van der Waals surface area contributed by atoms with Gasteiger partial charge in [-0.05, 0) is 51.7 Å². The molecule has 1 N–H and O–H groups in total. The van der Waals surface area contributed by atoms with Crippen LogP contribution in [0.5, 0.6) is 0 Å². The maximum Gasteiger partial charge on any atom is 0.124 e. The van der Waals surface area contributed by atoms with Gasteiger partial charge < -0.3 is 10.2 Å². The first-order valence-corrected chi connectivity index (χ1v) is 6.44. The van der Waals surface area contributed by atoms with E-state index in [2.05, 4.69) is 54.1 Å². The molecule has 2 nitrogen and oxygen atoms in total. The van der Waals surface area contributed by atoms with Crippen molar-refractivity contribution in [3.63, 3.8) is 0 Å². The van der Waals surface area contributed by atoms with Crippen molar-refractivity contribution in [1.82, 2.24) is 10.2 Å². The van der Waals surface area contributed by atoms with Crippen LogP contribution in [0, 0.1) is 5.82 Å². The van der Waals surface area contributed by atoms with Gasteiger partial charge in [-0.3, -0.25) is 0 Å². The summed E-state index contributed by atoms with van der Waals surface area (Å²) in [5.74, 6) is -0.206. The van der Waals surface area contributed by atoms with Gasteiger partial charge in [0.15, 0.2) is 0 Å². The first-order chi connectivity index (χ1) is 7.81.